The average molecular weight is 502 g/mol. The molecule has 1 heterocycles. The Morgan fingerprint density at radius 2 is 1.53 bits per heavy atom. The van der Waals surface area contributed by atoms with E-state index in [-0.39, 0.29) is 6.61 Å². The maximum absolute atomic E-state index is 10.6. The zero-order chi connectivity index (χ0) is 25.2. The molecule has 4 rings (SSSR count). The number of oxime groups is 1. The molecule has 7 nitrogen and oxygen atoms in total. The van der Waals surface area contributed by atoms with Gasteiger partial charge >= 0.3 is 5.97 Å². The number of carboxylic acids is 1. The zero-order valence-corrected chi connectivity index (χ0v) is 20.6. The minimum absolute atomic E-state index is 0.0436. The SMILES string of the molecule is CCOC(CO/N=C\C(=O)O)c1csc(NC(c2ccccc2)(c2ccccc2)c2ccccc2)n1. The normalized spacial score (nSPS) is 12.4. The summed E-state index contributed by atoms with van der Waals surface area (Å²) in [6.07, 6.45) is 0.206. The van der Waals surface area contributed by atoms with Gasteiger partial charge in [-0.2, -0.15) is 0 Å². The van der Waals surface area contributed by atoms with Crippen molar-refractivity contribution in [3.8, 4) is 0 Å². The Morgan fingerprint density at radius 1 is 1.00 bits per heavy atom. The standard InChI is InChI=1S/C28H27N3O4S/c1-2-34-25(19-35-29-18-26(32)33)24-20-36-27(30-24)31-28(21-12-6-3-7-13-21,22-14-8-4-9-15-22)23-16-10-5-11-17-23/h3-18,20,25H,2,19H2,1H3,(H,30,31)(H,32,33)/b29-18-. The van der Waals surface area contributed by atoms with Crippen LogP contribution in [-0.2, 0) is 19.9 Å². The monoisotopic (exact) mass is 501 g/mol. The molecule has 0 aliphatic heterocycles. The van der Waals surface area contributed by atoms with Crippen LogP contribution in [0.25, 0.3) is 0 Å². The van der Waals surface area contributed by atoms with Crippen molar-refractivity contribution in [1.29, 1.82) is 0 Å². The predicted molar refractivity (Wildman–Crippen MR) is 141 cm³/mol. The number of aromatic nitrogens is 1. The molecular weight excluding hydrogens is 474 g/mol. The lowest BCUT2D eigenvalue weighted by Gasteiger charge is -2.36. The summed E-state index contributed by atoms with van der Waals surface area (Å²) in [7, 11) is 0. The molecule has 0 saturated heterocycles. The lowest BCUT2D eigenvalue weighted by Crippen LogP contribution is -2.38. The Kier molecular flexibility index (Phi) is 8.44. The van der Waals surface area contributed by atoms with E-state index in [0.717, 1.165) is 16.7 Å². The van der Waals surface area contributed by atoms with Crippen molar-refractivity contribution in [2.45, 2.75) is 18.6 Å². The van der Waals surface area contributed by atoms with Crippen molar-refractivity contribution in [1.82, 2.24) is 4.98 Å². The van der Waals surface area contributed by atoms with Crippen LogP contribution in [-0.4, -0.2) is 35.5 Å². The van der Waals surface area contributed by atoms with Crippen molar-refractivity contribution < 1.29 is 19.5 Å². The number of hydrogen-bond acceptors (Lipinski definition) is 7. The van der Waals surface area contributed by atoms with Gasteiger partial charge in [0.15, 0.2) is 11.3 Å². The van der Waals surface area contributed by atoms with Gasteiger partial charge in [-0.15, -0.1) is 11.3 Å². The number of nitrogens with zero attached hydrogens (tertiary/aromatic N) is 2. The third-order valence-corrected chi connectivity index (χ3v) is 6.37. The lowest BCUT2D eigenvalue weighted by molar-refractivity contribution is -0.129. The number of hydrogen-bond donors (Lipinski definition) is 2. The molecule has 4 aromatic rings. The van der Waals surface area contributed by atoms with Gasteiger partial charge in [0.2, 0.25) is 0 Å². The highest BCUT2D eigenvalue weighted by Crippen LogP contribution is 2.41. The van der Waals surface area contributed by atoms with Crippen LogP contribution in [0, 0.1) is 0 Å². The van der Waals surface area contributed by atoms with E-state index in [9.17, 15) is 4.79 Å². The van der Waals surface area contributed by atoms with Crippen molar-refractivity contribution in [2.75, 3.05) is 18.5 Å². The van der Waals surface area contributed by atoms with Gasteiger partial charge in [-0.05, 0) is 23.6 Å². The minimum Gasteiger partial charge on any atom is -0.477 e. The fraction of sp³-hybridized carbons (Fsp3) is 0.179. The molecule has 1 unspecified atom stereocenters. The van der Waals surface area contributed by atoms with Gasteiger partial charge in [-0.3, -0.25) is 0 Å². The second-order valence-corrected chi connectivity index (χ2v) is 8.72. The van der Waals surface area contributed by atoms with E-state index < -0.39 is 17.6 Å². The highest BCUT2D eigenvalue weighted by atomic mass is 32.1. The van der Waals surface area contributed by atoms with Gasteiger partial charge in [0, 0.05) is 12.0 Å². The number of thiazole rings is 1. The van der Waals surface area contributed by atoms with Gasteiger partial charge in [-0.1, -0.05) is 96.2 Å². The average Bonchev–Trinajstić information content (AvgIpc) is 3.39. The molecule has 36 heavy (non-hydrogen) atoms. The van der Waals surface area contributed by atoms with Gasteiger partial charge in [0.1, 0.15) is 18.2 Å². The van der Waals surface area contributed by atoms with Crippen LogP contribution >= 0.6 is 11.3 Å². The number of nitrogens with one attached hydrogen (secondary N) is 1. The summed E-state index contributed by atoms with van der Waals surface area (Å²) < 4.78 is 5.80. The van der Waals surface area contributed by atoms with Crippen LogP contribution in [0.15, 0.2) is 102 Å². The summed E-state index contributed by atoms with van der Waals surface area (Å²) in [5.41, 5.74) is 3.21. The number of rotatable bonds is 12. The molecule has 8 heteroatoms. The Bertz CT molecular complexity index is 1170. The molecule has 0 radical (unpaired) electrons. The first-order chi connectivity index (χ1) is 17.6. The number of carboxylic acid groups (broad SMARTS) is 1. The van der Waals surface area contributed by atoms with E-state index in [4.69, 9.17) is 19.7 Å². The largest absolute Gasteiger partial charge is 0.477 e. The van der Waals surface area contributed by atoms with Crippen LogP contribution in [0.3, 0.4) is 0 Å². The molecule has 2 N–H and O–H groups in total. The summed E-state index contributed by atoms with van der Waals surface area (Å²) in [6.45, 7) is 2.37. The molecule has 3 aromatic carbocycles. The van der Waals surface area contributed by atoms with Gasteiger partial charge < -0.3 is 20.0 Å². The van der Waals surface area contributed by atoms with E-state index in [1.165, 1.54) is 11.3 Å². The third-order valence-electron chi connectivity index (χ3n) is 5.60. The molecule has 1 atom stereocenters. The fourth-order valence-corrected chi connectivity index (χ4v) is 4.85. The summed E-state index contributed by atoms with van der Waals surface area (Å²) in [5, 5.41) is 18.5. The molecule has 0 spiro atoms. The van der Waals surface area contributed by atoms with Gasteiger partial charge in [-0.25, -0.2) is 9.78 Å². The number of anilines is 1. The minimum atomic E-state index is -1.18. The Morgan fingerprint density at radius 3 is 2.00 bits per heavy atom. The van der Waals surface area contributed by atoms with E-state index >= 15 is 0 Å². The first kappa shape index (κ1) is 25.1. The van der Waals surface area contributed by atoms with Crippen molar-refractivity contribution in [3.05, 3.63) is 119 Å². The quantitative estimate of drug-likeness (QED) is 0.147. The Balaban J connectivity index is 1.73. The Hall–Kier alpha value is -4.01. The van der Waals surface area contributed by atoms with E-state index in [1.807, 2.05) is 66.9 Å². The Labute approximate surface area is 214 Å². The molecule has 0 fully saturated rings. The summed E-state index contributed by atoms with van der Waals surface area (Å²) in [6, 6.07) is 30.9. The molecule has 0 saturated carbocycles. The van der Waals surface area contributed by atoms with E-state index in [0.29, 0.717) is 23.6 Å². The van der Waals surface area contributed by atoms with Gasteiger partial charge in [0.25, 0.3) is 0 Å². The highest BCUT2D eigenvalue weighted by molar-refractivity contribution is 7.13. The highest BCUT2D eigenvalue weighted by Gasteiger charge is 2.37. The lowest BCUT2D eigenvalue weighted by atomic mass is 9.77. The summed E-state index contributed by atoms with van der Waals surface area (Å²) in [4.78, 5) is 20.6. The maximum Gasteiger partial charge on any atom is 0.350 e. The predicted octanol–water partition coefficient (Wildman–Crippen LogP) is 5.71. The van der Waals surface area contributed by atoms with Crippen LogP contribution < -0.4 is 5.32 Å². The molecule has 0 bridgehead atoms. The molecule has 0 aliphatic carbocycles. The molecule has 1 aromatic heterocycles. The summed E-state index contributed by atoms with van der Waals surface area (Å²) >= 11 is 1.47. The second-order valence-electron chi connectivity index (χ2n) is 7.86. The third kappa shape index (κ3) is 5.79. The van der Waals surface area contributed by atoms with Crippen molar-refractivity contribution >= 4 is 28.7 Å². The first-order valence-corrected chi connectivity index (χ1v) is 12.4. The number of carbonyl (C=O) groups is 1. The smallest absolute Gasteiger partial charge is 0.350 e. The van der Waals surface area contributed by atoms with E-state index in [1.54, 1.807) is 0 Å². The summed E-state index contributed by atoms with van der Waals surface area (Å²) in [5.74, 6) is -1.18. The first-order valence-electron chi connectivity index (χ1n) is 11.5. The van der Waals surface area contributed by atoms with Crippen LogP contribution in [0.1, 0.15) is 35.4 Å². The van der Waals surface area contributed by atoms with Crippen LogP contribution in [0.4, 0.5) is 5.13 Å². The number of benzene rings is 3. The second kappa shape index (κ2) is 12.1. The molecule has 0 amide bonds. The zero-order valence-electron chi connectivity index (χ0n) is 19.8. The number of ether oxygens (including phenoxy) is 1. The molecular formula is C28H27N3O4S. The van der Waals surface area contributed by atoms with E-state index in [2.05, 4.69) is 46.9 Å². The van der Waals surface area contributed by atoms with Crippen molar-refractivity contribution in [2.24, 2.45) is 5.16 Å². The molecule has 0 aliphatic rings. The van der Waals surface area contributed by atoms with Crippen LogP contribution in [0.2, 0.25) is 0 Å². The van der Waals surface area contributed by atoms with Crippen LogP contribution in [0.5, 0.6) is 0 Å². The van der Waals surface area contributed by atoms with Crippen molar-refractivity contribution in [3.63, 3.8) is 0 Å². The van der Waals surface area contributed by atoms with Gasteiger partial charge in [0.05, 0.1) is 5.69 Å². The molecule has 184 valence electrons. The topological polar surface area (TPSA) is 93.0 Å². The number of aliphatic carboxylic acids is 1. The maximum atomic E-state index is 10.6. The fourth-order valence-electron chi connectivity index (χ4n) is 4.05.